The van der Waals surface area contributed by atoms with Crippen molar-refractivity contribution in [3.05, 3.63) is 0 Å². The molecule has 122 valence electrons. The Bertz CT molecular complexity index is 289. The third-order valence-electron chi connectivity index (χ3n) is 4.35. The number of thioether (sulfide) groups is 1. The van der Waals surface area contributed by atoms with Crippen LogP contribution in [0.15, 0.2) is 0 Å². The van der Waals surface area contributed by atoms with Gasteiger partial charge in [-0.05, 0) is 45.3 Å². The number of piperidine rings is 1. The first kappa shape index (κ1) is 17.1. The Hall–Kier alpha value is -0.260. The Labute approximate surface area is 133 Å². The van der Waals surface area contributed by atoms with Crippen LogP contribution < -0.4 is 10.6 Å². The van der Waals surface area contributed by atoms with Gasteiger partial charge in [-0.1, -0.05) is 12.8 Å². The number of nitrogens with zero attached hydrogens (tertiary/aromatic N) is 1. The molecule has 0 radical (unpaired) electrons. The summed E-state index contributed by atoms with van der Waals surface area (Å²) in [5.74, 6) is 2.46. The van der Waals surface area contributed by atoms with Gasteiger partial charge in [0, 0.05) is 37.1 Å². The van der Waals surface area contributed by atoms with Crippen LogP contribution in [0.5, 0.6) is 0 Å². The fourth-order valence-corrected chi connectivity index (χ4v) is 4.04. The first-order chi connectivity index (χ1) is 10.3. The largest absolute Gasteiger partial charge is 0.356 e. The first-order valence-corrected chi connectivity index (χ1v) is 9.80. The van der Waals surface area contributed by atoms with Gasteiger partial charge in [-0.25, -0.2) is 0 Å². The van der Waals surface area contributed by atoms with Crippen LogP contribution in [0.2, 0.25) is 0 Å². The lowest BCUT2D eigenvalue weighted by atomic mass is 10.1. The smallest absolute Gasteiger partial charge is 0.221 e. The molecular formula is C16H31N3OS. The molecule has 0 aromatic rings. The van der Waals surface area contributed by atoms with Crippen molar-refractivity contribution in [3.8, 4) is 0 Å². The van der Waals surface area contributed by atoms with E-state index >= 15 is 0 Å². The fourth-order valence-electron chi connectivity index (χ4n) is 3.09. The molecule has 0 bridgehead atoms. The highest BCUT2D eigenvalue weighted by molar-refractivity contribution is 7.99. The molecule has 2 N–H and O–H groups in total. The van der Waals surface area contributed by atoms with Gasteiger partial charge in [0.15, 0.2) is 0 Å². The van der Waals surface area contributed by atoms with Crippen LogP contribution in [0.25, 0.3) is 0 Å². The van der Waals surface area contributed by atoms with Gasteiger partial charge in [-0.3, -0.25) is 4.79 Å². The lowest BCUT2D eigenvalue weighted by molar-refractivity contribution is -0.121. The maximum absolute atomic E-state index is 11.8. The van der Waals surface area contributed by atoms with E-state index in [1.54, 1.807) is 0 Å². The van der Waals surface area contributed by atoms with Gasteiger partial charge in [0.2, 0.25) is 5.91 Å². The van der Waals surface area contributed by atoms with Gasteiger partial charge in [0.25, 0.3) is 0 Å². The van der Waals surface area contributed by atoms with Gasteiger partial charge in [-0.2, -0.15) is 11.8 Å². The number of nitrogens with one attached hydrogen (secondary N) is 2. The Morgan fingerprint density at radius 1 is 1.19 bits per heavy atom. The van der Waals surface area contributed by atoms with Crippen LogP contribution in [0.3, 0.4) is 0 Å². The van der Waals surface area contributed by atoms with Crippen molar-refractivity contribution >= 4 is 17.7 Å². The van der Waals surface area contributed by atoms with E-state index in [2.05, 4.69) is 15.5 Å². The monoisotopic (exact) mass is 313 g/mol. The molecule has 0 spiro atoms. The number of likely N-dealkylation sites (tertiary alicyclic amines) is 1. The molecule has 0 saturated carbocycles. The molecule has 1 atom stereocenters. The number of rotatable bonds is 8. The van der Waals surface area contributed by atoms with E-state index in [0.717, 1.165) is 25.3 Å². The summed E-state index contributed by atoms with van der Waals surface area (Å²) in [7, 11) is 0. The van der Waals surface area contributed by atoms with E-state index in [9.17, 15) is 4.79 Å². The van der Waals surface area contributed by atoms with E-state index in [0.29, 0.717) is 12.5 Å². The minimum absolute atomic E-state index is 0.214. The molecular weight excluding hydrogens is 282 g/mol. The van der Waals surface area contributed by atoms with Crippen LogP contribution >= 0.6 is 11.8 Å². The SMILES string of the molecule is O=C(CC1CSCCN1)NCCCCCN1CCCCC1. The van der Waals surface area contributed by atoms with Gasteiger partial charge < -0.3 is 15.5 Å². The van der Waals surface area contributed by atoms with Gasteiger partial charge in [-0.15, -0.1) is 0 Å². The quantitative estimate of drug-likeness (QED) is 0.671. The summed E-state index contributed by atoms with van der Waals surface area (Å²) in [4.78, 5) is 14.4. The van der Waals surface area contributed by atoms with Crippen molar-refractivity contribution in [2.24, 2.45) is 0 Å². The second-order valence-electron chi connectivity index (χ2n) is 6.24. The highest BCUT2D eigenvalue weighted by Gasteiger charge is 2.16. The summed E-state index contributed by atoms with van der Waals surface area (Å²) >= 11 is 1.95. The lowest BCUT2D eigenvalue weighted by Gasteiger charge is -2.26. The Kier molecular flexibility index (Phi) is 8.52. The number of hydrogen-bond donors (Lipinski definition) is 2. The summed E-state index contributed by atoms with van der Waals surface area (Å²) in [6.07, 6.45) is 8.43. The van der Waals surface area contributed by atoms with E-state index in [1.165, 1.54) is 57.5 Å². The Morgan fingerprint density at radius 2 is 2.05 bits per heavy atom. The molecule has 0 aromatic carbocycles. The van der Waals surface area contributed by atoms with Crippen molar-refractivity contribution in [2.45, 2.75) is 51.0 Å². The summed E-state index contributed by atoms with van der Waals surface area (Å²) in [5, 5.41) is 6.48. The van der Waals surface area contributed by atoms with Gasteiger partial charge >= 0.3 is 0 Å². The average Bonchev–Trinajstić information content (AvgIpc) is 2.53. The molecule has 5 heteroatoms. The third kappa shape index (κ3) is 7.52. The molecule has 2 fully saturated rings. The topological polar surface area (TPSA) is 44.4 Å². The first-order valence-electron chi connectivity index (χ1n) is 8.65. The number of carbonyl (C=O) groups excluding carboxylic acids is 1. The van der Waals surface area contributed by atoms with E-state index in [1.807, 2.05) is 11.8 Å². The lowest BCUT2D eigenvalue weighted by Crippen LogP contribution is -2.41. The summed E-state index contributed by atoms with van der Waals surface area (Å²) in [6.45, 7) is 5.72. The molecule has 1 unspecified atom stereocenters. The van der Waals surface area contributed by atoms with Crippen molar-refractivity contribution < 1.29 is 4.79 Å². The molecule has 1 amide bonds. The zero-order valence-electron chi connectivity index (χ0n) is 13.2. The molecule has 2 heterocycles. The molecule has 4 nitrogen and oxygen atoms in total. The molecule has 0 aliphatic carbocycles. The van der Waals surface area contributed by atoms with Gasteiger partial charge in [0.1, 0.15) is 0 Å². The summed E-state index contributed by atoms with van der Waals surface area (Å²) in [6, 6.07) is 0.378. The minimum atomic E-state index is 0.214. The highest BCUT2D eigenvalue weighted by Crippen LogP contribution is 2.11. The molecule has 2 aliphatic rings. The number of hydrogen-bond acceptors (Lipinski definition) is 4. The van der Waals surface area contributed by atoms with Gasteiger partial charge in [0.05, 0.1) is 0 Å². The van der Waals surface area contributed by atoms with Crippen molar-refractivity contribution in [2.75, 3.05) is 44.2 Å². The van der Waals surface area contributed by atoms with Crippen LogP contribution in [0.4, 0.5) is 0 Å². The normalized spacial score (nSPS) is 23.9. The molecule has 0 aromatic heterocycles. The zero-order chi connectivity index (χ0) is 14.8. The average molecular weight is 314 g/mol. The van der Waals surface area contributed by atoms with Crippen LogP contribution in [-0.4, -0.2) is 61.1 Å². The van der Waals surface area contributed by atoms with Crippen LogP contribution in [-0.2, 0) is 4.79 Å². The molecule has 2 aliphatic heterocycles. The number of unbranched alkanes of at least 4 members (excludes halogenated alkanes) is 2. The summed E-state index contributed by atoms with van der Waals surface area (Å²) in [5.41, 5.74) is 0. The van der Waals surface area contributed by atoms with Crippen LogP contribution in [0.1, 0.15) is 44.9 Å². The highest BCUT2D eigenvalue weighted by atomic mass is 32.2. The van der Waals surface area contributed by atoms with Crippen molar-refractivity contribution in [1.82, 2.24) is 15.5 Å². The number of amides is 1. The molecule has 2 saturated heterocycles. The van der Waals surface area contributed by atoms with E-state index < -0.39 is 0 Å². The number of carbonyl (C=O) groups is 1. The Balaban J connectivity index is 1.41. The standard InChI is InChI=1S/C16H31N3OS/c20-16(13-15-14-21-12-8-17-15)18-7-3-1-4-9-19-10-5-2-6-11-19/h15,17H,1-14H2,(H,18,20). The van der Waals surface area contributed by atoms with Crippen molar-refractivity contribution in [3.63, 3.8) is 0 Å². The third-order valence-corrected chi connectivity index (χ3v) is 5.48. The van der Waals surface area contributed by atoms with E-state index in [4.69, 9.17) is 0 Å². The van der Waals surface area contributed by atoms with E-state index in [-0.39, 0.29) is 5.91 Å². The van der Waals surface area contributed by atoms with Crippen LogP contribution in [0, 0.1) is 0 Å². The maximum atomic E-state index is 11.8. The fraction of sp³-hybridized carbons (Fsp3) is 0.938. The second kappa shape index (κ2) is 10.5. The zero-order valence-corrected chi connectivity index (χ0v) is 14.1. The Morgan fingerprint density at radius 3 is 2.81 bits per heavy atom. The predicted molar refractivity (Wildman–Crippen MR) is 90.9 cm³/mol. The predicted octanol–water partition coefficient (Wildman–Crippen LogP) is 1.85. The maximum Gasteiger partial charge on any atom is 0.221 e. The summed E-state index contributed by atoms with van der Waals surface area (Å²) < 4.78 is 0. The molecule has 2 rings (SSSR count). The van der Waals surface area contributed by atoms with Crippen molar-refractivity contribution in [1.29, 1.82) is 0 Å². The second-order valence-corrected chi connectivity index (χ2v) is 7.39. The molecule has 21 heavy (non-hydrogen) atoms. The minimum Gasteiger partial charge on any atom is -0.356 e.